The van der Waals surface area contributed by atoms with Crippen LogP contribution in [0.1, 0.15) is 33.4 Å². The van der Waals surface area contributed by atoms with Gasteiger partial charge in [0, 0.05) is 13.1 Å². The molecule has 9 heteroatoms. The van der Waals surface area contributed by atoms with Crippen molar-refractivity contribution >= 4 is 11.9 Å². The van der Waals surface area contributed by atoms with Gasteiger partial charge in [0.05, 0.1) is 0 Å². The van der Waals surface area contributed by atoms with Crippen LogP contribution in [0.25, 0.3) is 11.5 Å². The molecule has 2 rings (SSSR count). The first kappa shape index (κ1) is 19.9. The second-order valence-electron chi connectivity index (χ2n) is 6.76. The molecule has 0 aliphatic rings. The molecule has 0 saturated carbocycles. The van der Waals surface area contributed by atoms with E-state index in [-0.39, 0.29) is 11.5 Å². The summed E-state index contributed by atoms with van der Waals surface area (Å²) in [7, 11) is 0. The first-order chi connectivity index (χ1) is 12.1. The zero-order valence-electron chi connectivity index (χ0n) is 15.2. The Labute approximate surface area is 150 Å². The van der Waals surface area contributed by atoms with Gasteiger partial charge in [-0.2, -0.15) is 28.1 Å². The summed E-state index contributed by atoms with van der Waals surface area (Å²) in [4.78, 5) is 16.4. The van der Waals surface area contributed by atoms with E-state index in [1.54, 1.807) is 0 Å². The van der Waals surface area contributed by atoms with E-state index < -0.39 is 11.9 Å². The molecule has 0 saturated heterocycles. The van der Waals surface area contributed by atoms with Crippen LogP contribution in [0, 0.1) is 11.8 Å². The Morgan fingerprint density at radius 2 is 1.38 bits per heavy atom. The number of pyridine rings is 1. The van der Waals surface area contributed by atoms with Crippen LogP contribution in [0.2, 0.25) is 0 Å². The van der Waals surface area contributed by atoms with Crippen molar-refractivity contribution in [1.82, 2.24) is 19.9 Å². The van der Waals surface area contributed by atoms with Gasteiger partial charge < -0.3 is 10.6 Å². The maximum absolute atomic E-state index is 12.9. The van der Waals surface area contributed by atoms with Crippen molar-refractivity contribution in [2.45, 2.75) is 33.9 Å². The highest BCUT2D eigenvalue weighted by molar-refractivity contribution is 5.54. The summed E-state index contributed by atoms with van der Waals surface area (Å²) >= 11 is 0. The van der Waals surface area contributed by atoms with Crippen molar-refractivity contribution in [1.29, 1.82) is 0 Å². The Morgan fingerprint density at radius 3 is 1.85 bits per heavy atom. The minimum absolute atomic E-state index is 0.0439. The molecule has 142 valence electrons. The summed E-state index contributed by atoms with van der Waals surface area (Å²) in [6, 6.07) is 3.65. The normalized spacial score (nSPS) is 11.9. The Hall–Kier alpha value is -2.45. The third-order valence-corrected chi connectivity index (χ3v) is 3.24. The van der Waals surface area contributed by atoms with E-state index in [9.17, 15) is 13.2 Å². The quantitative estimate of drug-likeness (QED) is 0.767. The van der Waals surface area contributed by atoms with E-state index in [1.165, 1.54) is 12.1 Å². The number of aromatic nitrogens is 4. The summed E-state index contributed by atoms with van der Waals surface area (Å²) in [6.45, 7) is 9.37. The van der Waals surface area contributed by atoms with Gasteiger partial charge in [-0.3, -0.25) is 0 Å². The van der Waals surface area contributed by atoms with E-state index >= 15 is 0 Å². The van der Waals surface area contributed by atoms with Gasteiger partial charge >= 0.3 is 6.18 Å². The lowest BCUT2D eigenvalue weighted by Gasteiger charge is -2.13. The molecule has 26 heavy (non-hydrogen) atoms. The number of rotatable bonds is 7. The second kappa shape index (κ2) is 8.29. The van der Waals surface area contributed by atoms with E-state index in [0.29, 0.717) is 36.8 Å². The largest absolute Gasteiger partial charge is 0.433 e. The number of anilines is 2. The molecular weight excluding hydrogens is 345 g/mol. The summed E-state index contributed by atoms with van der Waals surface area (Å²) in [5, 5.41) is 6.15. The van der Waals surface area contributed by atoms with Gasteiger partial charge in [0.2, 0.25) is 11.9 Å². The van der Waals surface area contributed by atoms with Crippen molar-refractivity contribution in [3.8, 4) is 11.5 Å². The van der Waals surface area contributed by atoms with Crippen LogP contribution in [-0.2, 0) is 6.18 Å². The Morgan fingerprint density at radius 1 is 0.846 bits per heavy atom. The van der Waals surface area contributed by atoms with Gasteiger partial charge in [-0.25, -0.2) is 4.98 Å². The summed E-state index contributed by atoms with van der Waals surface area (Å²) in [6.07, 6.45) is -4.53. The number of hydrogen-bond donors (Lipinski definition) is 2. The SMILES string of the molecule is CC(C)CNc1nc(NCC(C)C)nc(-c2cccc(C(F)(F)F)n2)n1. The third kappa shape index (κ3) is 5.82. The monoisotopic (exact) mass is 368 g/mol. The summed E-state index contributed by atoms with van der Waals surface area (Å²) in [5.74, 6) is 1.40. The van der Waals surface area contributed by atoms with E-state index in [2.05, 4.69) is 30.6 Å². The van der Waals surface area contributed by atoms with Gasteiger partial charge in [0.15, 0.2) is 5.82 Å². The van der Waals surface area contributed by atoms with E-state index in [1.807, 2.05) is 27.7 Å². The Kier molecular flexibility index (Phi) is 6.33. The summed E-state index contributed by atoms with van der Waals surface area (Å²) < 4.78 is 38.8. The van der Waals surface area contributed by atoms with Gasteiger partial charge in [-0.1, -0.05) is 33.8 Å². The lowest BCUT2D eigenvalue weighted by molar-refractivity contribution is -0.141. The van der Waals surface area contributed by atoms with Crippen LogP contribution in [0.3, 0.4) is 0 Å². The maximum Gasteiger partial charge on any atom is 0.433 e. The maximum atomic E-state index is 12.9. The van der Waals surface area contributed by atoms with Crippen molar-refractivity contribution in [3.63, 3.8) is 0 Å². The average Bonchev–Trinajstić information content (AvgIpc) is 2.57. The fourth-order valence-electron chi connectivity index (χ4n) is 1.96. The number of nitrogens with one attached hydrogen (secondary N) is 2. The van der Waals surface area contributed by atoms with Gasteiger partial charge in [0.1, 0.15) is 11.4 Å². The molecule has 0 unspecified atom stereocenters. The zero-order valence-corrected chi connectivity index (χ0v) is 15.2. The van der Waals surface area contributed by atoms with Crippen molar-refractivity contribution < 1.29 is 13.2 Å². The molecule has 6 nitrogen and oxygen atoms in total. The minimum Gasteiger partial charge on any atom is -0.354 e. The minimum atomic E-state index is -4.53. The molecule has 0 atom stereocenters. The molecular formula is C17H23F3N6. The predicted molar refractivity (Wildman–Crippen MR) is 94.7 cm³/mol. The van der Waals surface area contributed by atoms with E-state index in [0.717, 1.165) is 6.07 Å². The molecule has 2 aromatic heterocycles. The highest BCUT2D eigenvalue weighted by atomic mass is 19.4. The van der Waals surface area contributed by atoms with Crippen molar-refractivity contribution in [2.24, 2.45) is 11.8 Å². The lowest BCUT2D eigenvalue weighted by atomic mass is 10.2. The highest BCUT2D eigenvalue weighted by Gasteiger charge is 2.32. The predicted octanol–water partition coefficient (Wildman–Crippen LogP) is 4.09. The van der Waals surface area contributed by atoms with Crippen LogP contribution in [0.5, 0.6) is 0 Å². The average molecular weight is 368 g/mol. The Balaban J connectivity index is 2.39. The molecule has 0 aliphatic heterocycles. The molecule has 0 fully saturated rings. The first-order valence-corrected chi connectivity index (χ1v) is 8.43. The van der Waals surface area contributed by atoms with Crippen LogP contribution in [0.4, 0.5) is 25.1 Å². The molecule has 0 radical (unpaired) electrons. The zero-order chi connectivity index (χ0) is 19.3. The number of halogens is 3. The Bertz CT molecular complexity index is 700. The molecule has 0 spiro atoms. The van der Waals surface area contributed by atoms with Crippen LogP contribution in [-0.4, -0.2) is 33.0 Å². The molecule has 2 N–H and O–H groups in total. The van der Waals surface area contributed by atoms with Crippen LogP contribution in [0.15, 0.2) is 18.2 Å². The second-order valence-corrected chi connectivity index (χ2v) is 6.76. The number of hydrogen-bond acceptors (Lipinski definition) is 6. The van der Waals surface area contributed by atoms with E-state index in [4.69, 9.17) is 0 Å². The third-order valence-electron chi connectivity index (χ3n) is 3.24. The standard InChI is InChI=1S/C17H23F3N6/c1-10(2)8-21-15-24-14(25-16(26-15)22-9-11(3)4)12-6-5-7-13(23-12)17(18,19)20/h5-7,10-11H,8-9H2,1-4H3,(H2,21,22,24,25,26). The summed E-state index contributed by atoms with van der Waals surface area (Å²) in [5.41, 5.74) is -0.939. The van der Waals surface area contributed by atoms with Gasteiger partial charge in [-0.15, -0.1) is 0 Å². The molecule has 0 aliphatic carbocycles. The molecule has 0 bridgehead atoms. The molecule has 0 aromatic carbocycles. The molecule has 0 amide bonds. The van der Waals surface area contributed by atoms with Crippen molar-refractivity contribution in [3.05, 3.63) is 23.9 Å². The number of nitrogens with zero attached hydrogens (tertiary/aromatic N) is 4. The molecule has 2 heterocycles. The van der Waals surface area contributed by atoms with Crippen LogP contribution >= 0.6 is 0 Å². The molecule has 2 aromatic rings. The van der Waals surface area contributed by atoms with Gasteiger partial charge in [-0.05, 0) is 24.0 Å². The topological polar surface area (TPSA) is 75.6 Å². The number of alkyl halides is 3. The fourth-order valence-corrected chi connectivity index (χ4v) is 1.96. The lowest BCUT2D eigenvalue weighted by Crippen LogP contribution is -2.16. The van der Waals surface area contributed by atoms with Gasteiger partial charge in [0.25, 0.3) is 0 Å². The van der Waals surface area contributed by atoms with Crippen LogP contribution < -0.4 is 10.6 Å². The smallest absolute Gasteiger partial charge is 0.354 e. The fraction of sp³-hybridized carbons (Fsp3) is 0.529. The van der Waals surface area contributed by atoms with Crippen molar-refractivity contribution in [2.75, 3.05) is 23.7 Å². The highest BCUT2D eigenvalue weighted by Crippen LogP contribution is 2.29. The first-order valence-electron chi connectivity index (χ1n) is 8.43.